The van der Waals surface area contributed by atoms with Crippen molar-refractivity contribution in [3.63, 3.8) is 0 Å². The predicted molar refractivity (Wildman–Crippen MR) is 65.2 cm³/mol. The highest BCUT2D eigenvalue weighted by Crippen LogP contribution is 2.16. The zero-order valence-electron chi connectivity index (χ0n) is 9.83. The first-order valence-electron chi connectivity index (χ1n) is 5.53. The van der Waals surface area contributed by atoms with Crippen molar-refractivity contribution in [1.82, 2.24) is 0 Å². The van der Waals surface area contributed by atoms with Gasteiger partial charge in [0.2, 0.25) is 0 Å². The van der Waals surface area contributed by atoms with Gasteiger partial charge in [-0.2, -0.15) is 0 Å². The Hall–Kier alpha value is -2.01. The third-order valence-corrected chi connectivity index (χ3v) is 2.39. The largest absolute Gasteiger partial charge is 0.452 e. The molecular formula is C15H13FO. The molecule has 2 rings (SSSR count). The van der Waals surface area contributed by atoms with E-state index in [4.69, 9.17) is 4.42 Å². The van der Waals surface area contributed by atoms with E-state index in [0.717, 1.165) is 5.76 Å². The van der Waals surface area contributed by atoms with E-state index in [0.29, 0.717) is 17.2 Å². The third-order valence-electron chi connectivity index (χ3n) is 2.39. The summed E-state index contributed by atoms with van der Waals surface area (Å²) in [6, 6.07) is 10.2. The van der Waals surface area contributed by atoms with E-state index in [1.165, 1.54) is 6.07 Å². The molecule has 0 fully saturated rings. The molecule has 0 N–H and O–H groups in total. The molecule has 0 spiro atoms. The Labute approximate surface area is 100 Å². The van der Waals surface area contributed by atoms with Crippen LogP contribution < -0.4 is 0 Å². The van der Waals surface area contributed by atoms with Gasteiger partial charge < -0.3 is 4.42 Å². The first-order valence-corrected chi connectivity index (χ1v) is 5.53. The first kappa shape index (κ1) is 11.5. The molecule has 1 heterocycles. The molecule has 1 nitrogen and oxygen atoms in total. The molecule has 0 aliphatic carbocycles. The summed E-state index contributed by atoms with van der Waals surface area (Å²) >= 11 is 0. The fraction of sp³-hybridized carbons (Fsp3) is 0.200. The smallest absolute Gasteiger partial charge is 0.177 e. The standard InChI is InChI=1S/C15H13FO/c1-11(2)15-10-9-13(17-15)8-7-12-5-3-4-6-14(12)16/h3-6,9-11H,1-2H3. The first-order chi connectivity index (χ1) is 8.16. The monoisotopic (exact) mass is 228 g/mol. The van der Waals surface area contributed by atoms with Crippen molar-refractivity contribution in [3.05, 3.63) is 59.3 Å². The van der Waals surface area contributed by atoms with Crippen LogP contribution in [0.4, 0.5) is 4.39 Å². The summed E-state index contributed by atoms with van der Waals surface area (Å²) in [7, 11) is 0. The van der Waals surface area contributed by atoms with E-state index in [1.807, 2.05) is 26.0 Å². The Morgan fingerprint density at radius 2 is 1.82 bits per heavy atom. The average Bonchev–Trinajstić information content (AvgIpc) is 2.77. The maximum absolute atomic E-state index is 13.3. The lowest BCUT2D eigenvalue weighted by molar-refractivity contribution is 0.478. The lowest BCUT2D eigenvalue weighted by atomic mass is 10.2. The zero-order chi connectivity index (χ0) is 12.3. The topological polar surface area (TPSA) is 13.1 Å². The van der Waals surface area contributed by atoms with Gasteiger partial charge in [-0.25, -0.2) is 4.39 Å². The second-order valence-corrected chi connectivity index (χ2v) is 4.09. The molecule has 0 radical (unpaired) electrons. The van der Waals surface area contributed by atoms with Crippen LogP contribution in [0.2, 0.25) is 0 Å². The molecule has 0 aliphatic heterocycles. The fourth-order valence-corrected chi connectivity index (χ4v) is 1.42. The molecule has 0 unspecified atom stereocenters. The second kappa shape index (κ2) is 4.88. The van der Waals surface area contributed by atoms with Crippen molar-refractivity contribution in [1.29, 1.82) is 0 Å². The lowest BCUT2D eigenvalue weighted by Crippen LogP contribution is -1.81. The summed E-state index contributed by atoms with van der Waals surface area (Å²) in [4.78, 5) is 0. The number of furan rings is 1. The SMILES string of the molecule is CC(C)c1ccc(C#Cc2ccccc2F)o1. The predicted octanol–water partition coefficient (Wildman–Crippen LogP) is 3.94. The van der Waals surface area contributed by atoms with Gasteiger partial charge in [-0.05, 0) is 30.2 Å². The summed E-state index contributed by atoms with van der Waals surface area (Å²) in [5.74, 6) is 7.06. The van der Waals surface area contributed by atoms with Crippen LogP contribution in [0.25, 0.3) is 0 Å². The van der Waals surface area contributed by atoms with Crippen molar-refractivity contribution < 1.29 is 8.81 Å². The molecule has 0 bridgehead atoms. The lowest BCUT2D eigenvalue weighted by Gasteiger charge is -1.96. The van der Waals surface area contributed by atoms with Crippen molar-refractivity contribution in [2.75, 3.05) is 0 Å². The van der Waals surface area contributed by atoms with Gasteiger partial charge >= 0.3 is 0 Å². The minimum Gasteiger partial charge on any atom is -0.452 e. The van der Waals surface area contributed by atoms with E-state index >= 15 is 0 Å². The van der Waals surface area contributed by atoms with Gasteiger partial charge in [0.15, 0.2) is 5.76 Å². The Balaban J connectivity index is 2.24. The molecule has 86 valence electrons. The van der Waals surface area contributed by atoms with E-state index < -0.39 is 0 Å². The third kappa shape index (κ3) is 2.76. The van der Waals surface area contributed by atoms with Crippen molar-refractivity contribution in [2.45, 2.75) is 19.8 Å². The molecule has 1 aromatic carbocycles. The molecule has 0 saturated heterocycles. The average molecular weight is 228 g/mol. The quantitative estimate of drug-likeness (QED) is 0.674. The number of halogens is 1. The molecule has 0 amide bonds. The van der Waals surface area contributed by atoms with E-state index in [-0.39, 0.29) is 5.82 Å². The number of hydrogen-bond donors (Lipinski definition) is 0. The summed E-state index contributed by atoms with van der Waals surface area (Å²) < 4.78 is 18.8. The molecule has 2 heteroatoms. The summed E-state index contributed by atoms with van der Waals surface area (Å²) in [6.45, 7) is 4.10. The molecule has 17 heavy (non-hydrogen) atoms. The summed E-state index contributed by atoms with van der Waals surface area (Å²) in [6.07, 6.45) is 0. The van der Waals surface area contributed by atoms with E-state index in [2.05, 4.69) is 11.8 Å². The molecule has 2 aromatic rings. The van der Waals surface area contributed by atoms with Gasteiger partial charge in [-0.1, -0.05) is 31.9 Å². The highest BCUT2D eigenvalue weighted by Gasteiger charge is 2.03. The van der Waals surface area contributed by atoms with Crippen molar-refractivity contribution in [2.24, 2.45) is 0 Å². The van der Waals surface area contributed by atoms with Crippen LogP contribution >= 0.6 is 0 Å². The van der Waals surface area contributed by atoms with Gasteiger partial charge in [-0.3, -0.25) is 0 Å². The molecule has 0 saturated carbocycles. The van der Waals surface area contributed by atoms with Gasteiger partial charge in [0.1, 0.15) is 11.6 Å². The van der Waals surface area contributed by atoms with Gasteiger partial charge in [0.25, 0.3) is 0 Å². The Morgan fingerprint density at radius 1 is 1.06 bits per heavy atom. The second-order valence-electron chi connectivity index (χ2n) is 4.09. The number of hydrogen-bond acceptors (Lipinski definition) is 1. The van der Waals surface area contributed by atoms with Crippen LogP contribution in [0.5, 0.6) is 0 Å². The van der Waals surface area contributed by atoms with Crippen LogP contribution in [0, 0.1) is 17.7 Å². The minimum absolute atomic E-state index is 0.310. The maximum atomic E-state index is 13.3. The van der Waals surface area contributed by atoms with Gasteiger partial charge in [-0.15, -0.1) is 0 Å². The summed E-state index contributed by atoms with van der Waals surface area (Å²) in [5, 5.41) is 0. The van der Waals surface area contributed by atoms with Crippen molar-refractivity contribution >= 4 is 0 Å². The molecule has 0 aliphatic rings. The highest BCUT2D eigenvalue weighted by atomic mass is 19.1. The Morgan fingerprint density at radius 3 is 2.47 bits per heavy atom. The van der Waals surface area contributed by atoms with Crippen LogP contribution in [-0.2, 0) is 0 Å². The molecular weight excluding hydrogens is 215 g/mol. The van der Waals surface area contributed by atoms with Gasteiger partial charge in [0.05, 0.1) is 5.56 Å². The summed E-state index contributed by atoms with van der Waals surface area (Å²) in [5.41, 5.74) is 0.384. The Kier molecular flexibility index (Phi) is 3.30. The normalized spacial score (nSPS) is 10.1. The Bertz CT molecular complexity index is 570. The number of rotatable bonds is 1. The van der Waals surface area contributed by atoms with Crippen LogP contribution in [-0.4, -0.2) is 0 Å². The number of benzene rings is 1. The van der Waals surface area contributed by atoms with E-state index in [1.54, 1.807) is 18.2 Å². The fourth-order valence-electron chi connectivity index (χ4n) is 1.42. The van der Waals surface area contributed by atoms with Crippen LogP contribution in [0.15, 0.2) is 40.8 Å². The maximum Gasteiger partial charge on any atom is 0.177 e. The van der Waals surface area contributed by atoms with E-state index in [9.17, 15) is 4.39 Å². The molecule has 1 aromatic heterocycles. The van der Waals surface area contributed by atoms with Crippen LogP contribution in [0.3, 0.4) is 0 Å². The van der Waals surface area contributed by atoms with Crippen molar-refractivity contribution in [3.8, 4) is 11.8 Å². The van der Waals surface area contributed by atoms with Crippen LogP contribution in [0.1, 0.15) is 36.8 Å². The highest BCUT2D eigenvalue weighted by molar-refractivity contribution is 5.40. The molecule has 0 atom stereocenters. The van der Waals surface area contributed by atoms with Gasteiger partial charge in [0, 0.05) is 5.92 Å². The zero-order valence-corrected chi connectivity index (χ0v) is 9.83. The minimum atomic E-state index is -0.310.